The number of nitrogens with one attached hydrogen (secondary N) is 1. The molecule has 0 spiro atoms. The number of amides is 1. The molecule has 33 heavy (non-hydrogen) atoms. The summed E-state index contributed by atoms with van der Waals surface area (Å²) >= 11 is 1.35. The maximum Gasteiger partial charge on any atom is 0.225 e. The molecule has 0 unspecified atom stereocenters. The number of unbranched alkanes of at least 4 members (excludes halogenated alkanes) is 1. The Morgan fingerprint density at radius 2 is 1.97 bits per heavy atom. The van der Waals surface area contributed by atoms with Crippen LogP contribution in [0.15, 0.2) is 57.6 Å². The van der Waals surface area contributed by atoms with Crippen molar-refractivity contribution >= 4 is 32.8 Å². The fourth-order valence-corrected chi connectivity index (χ4v) is 6.94. The number of hydrogen-bond acceptors (Lipinski definition) is 6. The van der Waals surface area contributed by atoms with E-state index in [2.05, 4.69) is 12.2 Å². The van der Waals surface area contributed by atoms with Gasteiger partial charge in [0, 0.05) is 22.6 Å². The van der Waals surface area contributed by atoms with Crippen molar-refractivity contribution < 1.29 is 22.7 Å². The van der Waals surface area contributed by atoms with Gasteiger partial charge in [-0.15, -0.1) is 11.3 Å². The van der Waals surface area contributed by atoms with E-state index in [1.165, 1.54) is 11.3 Å². The van der Waals surface area contributed by atoms with Crippen LogP contribution in [0.25, 0.3) is 0 Å². The molecule has 1 amide bonds. The van der Waals surface area contributed by atoms with Crippen LogP contribution in [0.3, 0.4) is 0 Å². The van der Waals surface area contributed by atoms with Crippen molar-refractivity contribution in [2.45, 2.75) is 48.8 Å². The van der Waals surface area contributed by atoms with Gasteiger partial charge in [0.05, 0.1) is 24.3 Å². The average molecular weight is 486 g/mol. The summed E-state index contributed by atoms with van der Waals surface area (Å²) in [4.78, 5) is 13.8. The maximum atomic E-state index is 13.4. The van der Waals surface area contributed by atoms with Gasteiger partial charge in [0.15, 0.2) is 11.5 Å². The van der Waals surface area contributed by atoms with Crippen LogP contribution in [-0.2, 0) is 14.6 Å². The van der Waals surface area contributed by atoms with Gasteiger partial charge in [-0.2, -0.15) is 0 Å². The highest BCUT2D eigenvalue weighted by molar-refractivity contribution is 7.91. The van der Waals surface area contributed by atoms with Crippen molar-refractivity contribution in [2.75, 3.05) is 19.0 Å². The number of carbonyl (C=O) groups excluding carboxylic acids is 1. The van der Waals surface area contributed by atoms with Gasteiger partial charge in [0.2, 0.25) is 15.7 Å². The molecule has 0 saturated heterocycles. The van der Waals surface area contributed by atoms with Gasteiger partial charge in [-0.1, -0.05) is 31.5 Å². The quantitative estimate of drug-likeness (QED) is 0.423. The number of aryl methyl sites for hydroxylation is 1. The van der Waals surface area contributed by atoms with Gasteiger partial charge in [-0.3, -0.25) is 4.79 Å². The molecular weight excluding hydrogens is 458 g/mol. The van der Waals surface area contributed by atoms with Crippen LogP contribution in [0.2, 0.25) is 0 Å². The molecule has 2 heterocycles. The lowest BCUT2D eigenvalue weighted by atomic mass is 9.90. The first-order valence-electron chi connectivity index (χ1n) is 10.9. The van der Waals surface area contributed by atoms with Crippen molar-refractivity contribution in [1.29, 1.82) is 0 Å². The molecule has 1 N–H and O–H groups in total. The summed E-state index contributed by atoms with van der Waals surface area (Å²) in [5, 5.41) is 4.43. The summed E-state index contributed by atoms with van der Waals surface area (Å²) in [7, 11) is -2.18. The van der Waals surface area contributed by atoms with Gasteiger partial charge in [-0.05, 0) is 48.7 Å². The van der Waals surface area contributed by atoms with Crippen molar-refractivity contribution in [1.82, 2.24) is 0 Å². The molecule has 1 aromatic heterocycles. The lowest BCUT2D eigenvalue weighted by Gasteiger charge is -2.24. The van der Waals surface area contributed by atoms with Gasteiger partial charge in [0.25, 0.3) is 0 Å². The number of fused-ring (bicyclic) bond motifs is 1. The third-order valence-corrected chi connectivity index (χ3v) is 8.71. The third-order valence-electron chi connectivity index (χ3n) is 5.69. The predicted molar refractivity (Wildman–Crippen MR) is 129 cm³/mol. The number of methoxy groups -OCH3 is 1. The molecule has 8 heteroatoms. The molecule has 6 nitrogen and oxygen atoms in total. The first kappa shape index (κ1) is 23.3. The van der Waals surface area contributed by atoms with Crippen LogP contribution in [0, 0.1) is 6.92 Å². The molecule has 1 atom stereocenters. The van der Waals surface area contributed by atoms with E-state index < -0.39 is 9.84 Å². The minimum absolute atomic E-state index is 0.137. The standard InChI is InChI=1S/C25H27NO5S2/c1-4-5-11-31-20-10-9-17(13-21(20)30-3)19-14-23(27)26-24-22(15-32-25(19)24)33(28,29)18-8-6-7-16(2)12-18/h6-10,12-13,15,19H,4-5,11,14H2,1-3H3,(H,26,27)/t19-/m1/s1. The summed E-state index contributed by atoms with van der Waals surface area (Å²) in [6.45, 7) is 4.56. The monoisotopic (exact) mass is 485 g/mol. The van der Waals surface area contributed by atoms with E-state index in [9.17, 15) is 13.2 Å². The number of hydrogen-bond donors (Lipinski definition) is 1. The zero-order valence-electron chi connectivity index (χ0n) is 18.9. The summed E-state index contributed by atoms with van der Waals surface area (Å²) in [6.07, 6.45) is 2.22. The molecule has 3 aromatic rings. The van der Waals surface area contributed by atoms with Gasteiger partial charge in [-0.25, -0.2) is 8.42 Å². The van der Waals surface area contributed by atoms with Crippen LogP contribution in [0.4, 0.5) is 5.69 Å². The Morgan fingerprint density at radius 3 is 2.70 bits per heavy atom. The number of anilines is 1. The summed E-state index contributed by atoms with van der Waals surface area (Å²) in [6, 6.07) is 12.4. The second-order valence-electron chi connectivity index (χ2n) is 8.08. The molecule has 2 aromatic carbocycles. The first-order chi connectivity index (χ1) is 15.8. The molecule has 1 aliphatic heterocycles. The lowest BCUT2D eigenvalue weighted by Crippen LogP contribution is -2.23. The van der Waals surface area contributed by atoms with Gasteiger partial charge in [0.1, 0.15) is 4.90 Å². The zero-order valence-corrected chi connectivity index (χ0v) is 20.5. The van der Waals surface area contributed by atoms with Crippen LogP contribution < -0.4 is 14.8 Å². The van der Waals surface area contributed by atoms with E-state index in [0.29, 0.717) is 23.8 Å². The summed E-state index contributed by atoms with van der Waals surface area (Å²) in [5.41, 5.74) is 2.12. The van der Waals surface area contributed by atoms with E-state index in [1.54, 1.807) is 30.7 Å². The number of rotatable bonds is 8. The second-order valence-corrected chi connectivity index (χ2v) is 10.9. The smallest absolute Gasteiger partial charge is 0.225 e. The van der Waals surface area contributed by atoms with Crippen LogP contribution >= 0.6 is 11.3 Å². The van der Waals surface area contributed by atoms with Crippen molar-refractivity contribution in [2.24, 2.45) is 0 Å². The minimum atomic E-state index is -3.77. The number of sulfone groups is 1. The molecule has 0 radical (unpaired) electrons. The molecule has 0 saturated carbocycles. The maximum absolute atomic E-state index is 13.4. The molecule has 1 aliphatic rings. The molecule has 0 aliphatic carbocycles. The van der Waals surface area contributed by atoms with Crippen LogP contribution in [0.1, 0.15) is 48.1 Å². The van der Waals surface area contributed by atoms with E-state index >= 15 is 0 Å². The molecule has 0 bridgehead atoms. The summed E-state index contributed by atoms with van der Waals surface area (Å²) < 4.78 is 38.1. The Hall–Kier alpha value is -2.84. The number of ether oxygens (including phenoxy) is 2. The normalized spacial score (nSPS) is 15.6. The molecule has 174 valence electrons. The Labute approximate surface area is 198 Å². The average Bonchev–Trinajstić information content (AvgIpc) is 3.23. The fourth-order valence-electron chi connectivity index (χ4n) is 3.93. The van der Waals surface area contributed by atoms with Crippen LogP contribution in [0.5, 0.6) is 11.5 Å². The zero-order chi connectivity index (χ0) is 23.6. The van der Waals surface area contributed by atoms with Crippen molar-refractivity contribution in [3.8, 4) is 11.5 Å². The lowest BCUT2D eigenvalue weighted by molar-refractivity contribution is -0.116. The second kappa shape index (κ2) is 9.57. The highest BCUT2D eigenvalue weighted by Gasteiger charge is 2.34. The molecule has 4 rings (SSSR count). The molecule has 0 fully saturated rings. The predicted octanol–water partition coefficient (Wildman–Crippen LogP) is 5.55. The Morgan fingerprint density at radius 1 is 1.15 bits per heavy atom. The third kappa shape index (κ3) is 4.63. The van der Waals surface area contributed by atoms with E-state index in [0.717, 1.165) is 28.8 Å². The molecular formula is C25H27NO5S2. The summed E-state index contributed by atoms with van der Waals surface area (Å²) in [5.74, 6) is 0.775. The van der Waals surface area contributed by atoms with E-state index in [4.69, 9.17) is 9.47 Å². The van der Waals surface area contributed by atoms with E-state index in [-0.39, 0.29) is 28.0 Å². The highest BCUT2D eigenvalue weighted by atomic mass is 32.2. The minimum Gasteiger partial charge on any atom is -0.493 e. The van der Waals surface area contributed by atoms with E-state index in [1.807, 2.05) is 31.2 Å². The Kier molecular flexibility index (Phi) is 6.76. The first-order valence-corrected chi connectivity index (χ1v) is 13.2. The van der Waals surface area contributed by atoms with Gasteiger partial charge >= 0.3 is 0 Å². The fraction of sp³-hybridized carbons (Fsp3) is 0.320. The largest absolute Gasteiger partial charge is 0.493 e. The number of benzene rings is 2. The van der Waals surface area contributed by atoms with Crippen LogP contribution in [-0.4, -0.2) is 28.0 Å². The highest BCUT2D eigenvalue weighted by Crippen LogP contribution is 2.47. The number of carbonyl (C=O) groups is 1. The van der Waals surface area contributed by atoms with Crippen molar-refractivity contribution in [3.63, 3.8) is 0 Å². The Balaban J connectivity index is 1.72. The number of thiophene rings is 1. The van der Waals surface area contributed by atoms with Crippen molar-refractivity contribution in [3.05, 3.63) is 63.8 Å². The topological polar surface area (TPSA) is 81.7 Å². The van der Waals surface area contributed by atoms with Gasteiger partial charge < -0.3 is 14.8 Å². The SMILES string of the molecule is CCCCOc1ccc([C@H]2CC(=O)Nc3c(S(=O)(=O)c4cccc(C)c4)csc32)cc1OC. The Bertz CT molecular complexity index is 1280.